The van der Waals surface area contributed by atoms with Gasteiger partial charge in [-0.25, -0.2) is 0 Å². The van der Waals surface area contributed by atoms with Gasteiger partial charge in [0.15, 0.2) is 6.61 Å². The van der Waals surface area contributed by atoms with E-state index in [9.17, 15) is 14.4 Å². The van der Waals surface area contributed by atoms with E-state index in [1.807, 2.05) is 0 Å². The van der Waals surface area contributed by atoms with E-state index < -0.39 is 0 Å². The molecule has 9 heteroatoms. The van der Waals surface area contributed by atoms with Crippen LogP contribution in [0.1, 0.15) is 19.3 Å². The predicted molar refractivity (Wildman–Crippen MR) is 126 cm³/mol. The maximum atomic E-state index is 12.5. The number of hydrogen-bond acceptors (Lipinski definition) is 6. The number of rotatable bonds is 9. The van der Waals surface area contributed by atoms with Crippen molar-refractivity contribution in [1.29, 1.82) is 0 Å². The van der Waals surface area contributed by atoms with Crippen molar-refractivity contribution in [2.45, 2.75) is 25.4 Å². The summed E-state index contributed by atoms with van der Waals surface area (Å²) in [7, 11) is 1.58. The van der Waals surface area contributed by atoms with E-state index >= 15 is 0 Å². The van der Waals surface area contributed by atoms with Crippen molar-refractivity contribution in [3.05, 3.63) is 48.5 Å². The van der Waals surface area contributed by atoms with Crippen LogP contribution in [0.2, 0.25) is 0 Å². The van der Waals surface area contributed by atoms with Crippen LogP contribution in [0.15, 0.2) is 48.5 Å². The van der Waals surface area contributed by atoms with Crippen LogP contribution in [-0.4, -0.2) is 57.2 Å². The summed E-state index contributed by atoms with van der Waals surface area (Å²) in [5.41, 5.74) is 1.33. The number of methoxy groups -OCH3 is 1. The quantitative estimate of drug-likeness (QED) is 0.587. The summed E-state index contributed by atoms with van der Waals surface area (Å²) in [5, 5.41) is 5.66. The minimum Gasteiger partial charge on any atom is -0.497 e. The second-order valence-electron chi connectivity index (χ2n) is 8.34. The van der Waals surface area contributed by atoms with Gasteiger partial charge in [-0.15, -0.1) is 0 Å². The lowest BCUT2D eigenvalue weighted by molar-refractivity contribution is -0.126. The normalized spacial score (nSPS) is 19.7. The molecule has 2 saturated heterocycles. The van der Waals surface area contributed by atoms with E-state index in [0.717, 1.165) is 19.4 Å². The fourth-order valence-electron chi connectivity index (χ4n) is 4.04. The van der Waals surface area contributed by atoms with E-state index in [1.165, 1.54) is 0 Å². The first-order valence-electron chi connectivity index (χ1n) is 11.4. The number of carbonyl (C=O) groups is 3. The molecule has 9 nitrogen and oxygen atoms in total. The van der Waals surface area contributed by atoms with Crippen LogP contribution < -0.4 is 25.0 Å². The van der Waals surface area contributed by atoms with Crippen LogP contribution in [0.5, 0.6) is 11.5 Å². The van der Waals surface area contributed by atoms with Gasteiger partial charge in [0.2, 0.25) is 11.8 Å². The molecule has 2 fully saturated rings. The average molecular weight is 468 g/mol. The van der Waals surface area contributed by atoms with Crippen LogP contribution in [0.25, 0.3) is 0 Å². The van der Waals surface area contributed by atoms with E-state index in [4.69, 9.17) is 14.2 Å². The van der Waals surface area contributed by atoms with Gasteiger partial charge in [0, 0.05) is 37.5 Å². The number of hydrogen-bond donors (Lipinski definition) is 2. The molecule has 3 amide bonds. The zero-order chi connectivity index (χ0) is 23.9. The summed E-state index contributed by atoms with van der Waals surface area (Å²) in [6.07, 6.45) is 2.22. The summed E-state index contributed by atoms with van der Waals surface area (Å²) >= 11 is 0. The molecule has 0 saturated carbocycles. The molecule has 0 unspecified atom stereocenters. The third-order valence-electron chi connectivity index (χ3n) is 5.92. The number of nitrogens with one attached hydrogen (secondary N) is 2. The molecule has 0 radical (unpaired) electrons. The lowest BCUT2D eigenvalue weighted by atomic mass is 10.1. The molecule has 2 aromatic rings. The molecule has 2 atom stereocenters. The molecule has 2 aliphatic heterocycles. The molecule has 4 rings (SSSR count). The Balaban J connectivity index is 1.24. The first-order valence-corrected chi connectivity index (χ1v) is 11.4. The highest BCUT2D eigenvalue weighted by molar-refractivity contribution is 6.00. The first kappa shape index (κ1) is 23.6. The SMILES string of the molecule is COc1ccc(NC(=O)COc2ccc(N3C[C@@H](C(=O)NC[C@H]4CCCO4)CC3=O)cc2)cc1. The molecule has 0 aromatic heterocycles. The van der Waals surface area contributed by atoms with E-state index in [2.05, 4.69) is 10.6 Å². The van der Waals surface area contributed by atoms with Crippen LogP contribution in [0, 0.1) is 5.92 Å². The number of amides is 3. The smallest absolute Gasteiger partial charge is 0.262 e. The Morgan fingerprint density at radius 2 is 1.82 bits per heavy atom. The Labute approximate surface area is 198 Å². The van der Waals surface area contributed by atoms with Crippen molar-refractivity contribution in [3.8, 4) is 11.5 Å². The van der Waals surface area contributed by atoms with Gasteiger partial charge in [0.05, 0.1) is 19.1 Å². The average Bonchev–Trinajstić information content (AvgIpc) is 3.52. The van der Waals surface area contributed by atoms with Crippen molar-refractivity contribution in [2.75, 3.05) is 43.6 Å². The van der Waals surface area contributed by atoms with Gasteiger partial charge in [-0.1, -0.05) is 0 Å². The van der Waals surface area contributed by atoms with E-state index in [1.54, 1.807) is 60.5 Å². The Kier molecular flexibility index (Phi) is 7.64. The zero-order valence-corrected chi connectivity index (χ0v) is 19.1. The third-order valence-corrected chi connectivity index (χ3v) is 5.92. The molecule has 2 N–H and O–H groups in total. The minimum absolute atomic E-state index is 0.0722. The fraction of sp³-hybridized carbons (Fsp3) is 0.400. The highest BCUT2D eigenvalue weighted by Gasteiger charge is 2.35. The number of carbonyl (C=O) groups excluding carboxylic acids is 3. The topological polar surface area (TPSA) is 106 Å². The van der Waals surface area contributed by atoms with Crippen LogP contribution >= 0.6 is 0 Å². The summed E-state index contributed by atoms with van der Waals surface area (Å²) in [6.45, 7) is 1.41. The molecular weight excluding hydrogens is 438 g/mol. The molecule has 180 valence electrons. The number of anilines is 2. The van der Waals surface area contributed by atoms with Crippen LogP contribution in [-0.2, 0) is 19.1 Å². The molecule has 0 bridgehead atoms. The monoisotopic (exact) mass is 467 g/mol. The number of nitrogens with zero attached hydrogens (tertiary/aromatic N) is 1. The predicted octanol–water partition coefficient (Wildman–Crippen LogP) is 2.36. The zero-order valence-electron chi connectivity index (χ0n) is 19.1. The van der Waals surface area contributed by atoms with Crippen LogP contribution in [0.3, 0.4) is 0 Å². The summed E-state index contributed by atoms with van der Waals surface area (Å²) in [4.78, 5) is 38.7. The number of ether oxygens (including phenoxy) is 3. The van der Waals surface area contributed by atoms with Gasteiger partial charge in [0.1, 0.15) is 11.5 Å². The lowest BCUT2D eigenvalue weighted by Crippen LogP contribution is -2.37. The summed E-state index contributed by atoms with van der Waals surface area (Å²) in [6, 6.07) is 13.9. The van der Waals surface area contributed by atoms with Gasteiger partial charge in [-0.3, -0.25) is 14.4 Å². The lowest BCUT2D eigenvalue weighted by Gasteiger charge is -2.18. The highest BCUT2D eigenvalue weighted by Crippen LogP contribution is 2.27. The molecular formula is C25H29N3O6. The summed E-state index contributed by atoms with van der Waals surface area (Å²) in [5.74, 6) is 0.328. The largest absolute Gasteiger partial charge is 0.497 e. The fourth-order valence-corrected chi connectivity index (χ4v) is 4.04. The van der Waals surface area contributed by atoms with E-state index in [0.29, 0.717) is 36.0 Å². The van der Waals surface area contributed by atoms with Gasteiger partial charge >= 0.3 is 0 Å². The van der Waals surface area contributed by atoms with Crippen molar-refractivity contribution in [2.24, 2.45) is 5.92 Å². The van der Waals surface area contributed by atoms with Crippen molar-refractivity contribution < 1.29 is 28.6 Å². The third kappa shape index (κ3) is 6.05. The second-order valence-corrected chi connectivity index (χ2v) is 8.34. The molecule has 2 aromatic carbocycles. The molecule has 2 aliphatic rings. The second kappa shape index (κ2) is 11.0. The molecule has 34 heavy (non-hydrogen) atoms. The Hall–Kier alpha value is -3.59. The molecule has 0 spiro atoms. The van der Waals surface area contributed by atoms with Crippen LogP contribution in [0.4, 0.5) is 11.4 Å². The molecule has 0 aliphatic carbocycles. The Bertz CT molecular complexity index is 1000. The van der Waals surface area contributed by atoms with Crippen molar-refractivity contribution in [1.82, 2.24) is 5.32 Å². The van der Waals surface area contributed by atoms with Gasteiger partial charge < -0.3 is 29.7 Å². The first-order chi connectivity index (χ1) is 16.5. The van der Waals surface area contributed by atoms with E-state index in [-0.39, 0.29) is 42.8 Å². The van der Waals surface area contributed by atoms with Crippen molar-refractivity contribution >= 4 is 29.1 Å². The van der Waals surface area contributed by atoms with Gasteiger partial charge in [-0.05, 0) is 61.4 Å². The summed E-state index contributed by atoms with van der Waals surface area (Å²) < 4.78 is 16.2. The standard InChI is InChI=1S/C25H29N3O6/c1-32-20-8-4-18(5-9-20)27-23(29)16-34-21-10-6-19(7-11-21)28-15-17(13-24(28)30)25(31)26-14-22-3-2-12-33-22/h4-11,17,22H,2-3,12-16H2,1H3,(H,26,31)(H,27,29)/t17-,22+/m0/s1. The van der Waals surface area contributed by atoms with Crippen molar-refractivity contribution in [3.63, 3.8) is 0 Å². The maximum Gasteiger partial charge on any atom is 0.262 e. The number of benzene rings is 2. The Morgan fingerprint density at radius 1 is 1.09 bits per heavy atom. The van der Waals surface area contributed by atoms with Gasteiger partial charge in [0.25, 0.3) is 5.91 Å². The minimum atomic E-state index is -0.383. The Morgan fingerprint density at radius 3 is 2.50 bits per heavy atom. The van der Waals surface area contributed by atoms with Gasteiger partial charge in [-0.2, -0.15) is 0 Å². The molecule has 2 heterocycles. The highest BCUT2D eigenvalue weighted by atomic mass is 16.5. The maximum absolute atomic E-state index is 12.5.